The first-order valence-corrected chi connectivity index (χ1v) is 14.9. The molecule has 1 aliphatic heterocycles. The Kier molecular flexibility index (Phi) is 7.81. The third-order valence-electron chi connectivity index (χ3n) is 7.00. The van der Waals surface area contributed by atoms with E-state index in [0.717, 1.165) is 30.9 Å². The van der Waals surface area contributed by atoms with Crippen molar-refractivity contribution in [1.29, 1.82) is 0 Å². The number of nitrogens with one attached hydrogen (secondary N) is 2. The maximum Gasteiger partial charge on any atom is 0.232 e. The lowest BCUT2D eigenvalue weighted by molar-refractivity contribution is 0.277. The van der Waals surface area contributed by atoms with E-state index in [9.17, 15) is 13.5 Å². The number of rotatable bonds is 8. The molecule has 0 saturated carbocycles. The first kappa shape index (κ1) is 26.0. The van der Waals surface area contributed by atoms with Crippen molar-refractivity contribution in [3.63, 3.8) is 0 Å². The van der Waals surface area contributed by atoms with Crippen LogP contribution in [0.4, 0.5) is 11.4 Å². The number of aromatic amines is 1. The Labute approximate surface area is 224 Å². The fourth-order valence-electron chi connectivity index (χ4n) is 4.95. The van der Waals surface area contributed by atoms with Crippen molar-refractivity contribution >= 4 is 38.0 Å². The van der Waals surface area contributed by atoms with Gasteiger partial charge < -0.3 is 10.1 Å². The summed E-state index contributed by atoms with van der Waals surface area (Å²) in [5.74, 6) is -0.0447. The molecule has 4 aromatic rings. The van der Waals surface area contributed by atoms with Crippen LogP contribution in [-0.2, 0) is 16.6 Å². The molecule has 1 aromatic heterocycles. The first-order chi connectivity index (χ1) is 18.4. The Morgan fingerprint density at radius 2 is 1.68 bits per heavy atom. The molecule has 7 nitrogen and oxygen atoms in total. The predicted molar refractivity (Wildman–Crippen MR) is 155 cm³/mol. The van der Waals surface area contributed by atoms with E-state index in [2.05, 4.69) is 26.7 Å². The molecular weight excluding hydrogens is 496 g/mol. The van der Waals surface area contributed by atoms with E-state index in [4.69, 9.17) is 4.99 Å². The number of fused-ring (bicyclic) bond motifs is 1. The zero-order chi connectivity index (χ0) is 26.5. The standard InChI is InChI=1S/C30H34N4O3S/c1-2-38(36,37)33-25-16-17-27-26(20-25)28(30(35)32-27)29(23-10-6-5-7-11-23)31-24-14-12-22(13-15-24)21-34-18-8-3-4-9-19-34/h5-7,10-17,20,32-33,35H,2-4,8-9,18-19,21H2,1H3. The summed E-state index contributed by atoms with van der Waals surface area (Å²) >= 11 is 0. The Morgan fingerprint density at radius 1 is 0.974 bits per heavy atom. The van der Waals surface area contributed by atoms with Crippen molar-refractivity contribution < 1.29 is 13.5 Å². The lowest BCUT2D eigenvalue weighted by Gasteiger charge is -2.19. The number of aromatic hydroxyl groups is 1. The van der Waals surface area contributed by atoms with Gasteiger partial charge in [-0.2, -0.15) is 0 Å². The average molecular weight is 531 g/mol. The monoisotopic (exact) mass is 530 g/mol. The van der Waals surface area contributed by atoms with Gasteiger partial charge in [0.2, 0.25) is 10.0 Å². The number of sulfonamides is 1. The zero-order valence-electron chi connectivity index (χ0n) is 21.7. The molecule has 0 spiro atoms. The Balaban J connectivity index is 1.53. The van der Waals surface area contributed by atoms with Gasteiger partial charge in [-0.3, -0.25) is 9.62 Å². The third-order valence-corrected chi connectivity index (χ3v) is 8.31. The van der Waals surface area contributed by atoms with Gasteiger partial charge >= 0.3 is 0 Å². The van der Waals surface area contributed by atoms with E-state index >= 15 is 0 Å². The fourth-order valence-corrected chi connectivity index (χ4v) is 5.58. The molecule has 0 aliphatic carbocycles. The second kappa shape index (κ2) is 11.4. The molecule has 0 radical (unpaired) electrons. The number of nitrogens with zero attached hydrogens (tertiary/aromatic N) is 2. The second-order valence-electron chi connectivity index (χ2n) is 9.80. The van der Waals surface area contributed by atoms with E-state index < -0.39 is 10.0 Å². The molecule has 0 bridgehead atoms. The Morgan fingerprint density at radius 3 is 2.37 bits per heavy atom. The number of benzene rings is 3. The first-order valence-electron chi connectivity index (χ1n) is 13.2. The highest BCUT2D eigenvalue weighted by molar-refractivity contribution is 7.92. The molecule has 1 saturated heterocycles. The van der Waals surface area contributed by atoms with Crippen LogP contribution in [0.3, 0.4) is 0 Å². The van der Waals surface area contributed by atoms with Crippen LogP contribution in [0.25, 0.3) is 10.9 Å². The number of hydrogen-bond donors (Lipinski definition) is 3. The third kappa shape index (κ3) is 6.09. The predicted octanol–water partition coefficient (Wildman–Crippen LogP) is 6.18. The van der Waals surface area contributed by atoms with Crippen molar-refractivity contribution in [2.45, 2.75) is 39.2 Å². The summed E-state index contributed by atoms with van der Waals surface area (Å²) in [5, 5.41) is 11.7. The lowest BCUT2D eigenvalue weighted by atomic mass is 10.0. The molecule has 2 heterocycles. The maximum atomic E-state index is 12.2. The normalized spacial score (nSPS) is 15.4. The summed E-state index contributed by atoms with van der Waals surface area (Å²) in [7, 11) is -3.44. The van der Waals surface area contributed by atoms with E-state index in [0.29, 0.717) is 27.9 Å². The largest absolute Gasteiger partial charge is 0.494 e. The van der Waals surface area contributed by atoms with Gasteiger partial charge in [-0.1, -0.05) is 55.3 Å². The second-order valence-corrected chi connectivity index (χ2v) is 11.8. The molecule has 3 aromatic carbocycles. The molecule has 1 aliphatic rings. The minimum Gasteiger partial charge on any atom is -0.494 e. The molecule has 1 fully saturated rings. The van der Waals surface area contributed by atoms with E-state index in [1.807, 2.05) is 42.5 Å². The van der Waals surface area contributed by atoms with Crippen LogP contribution >= 0.6 is 0 Å². The molecule has 198 valence electrons. The van der Waals surface area contributed by atoms with Crippen molar-refractivity contribution in [1.82, 2.24) is 9.88 Å². The maximum absolute atomic E-state index is 12.2. The Hall–Kier alpha value is -3.62. The van der Waals surface area contributed by atoms with Gasteiger partial charge in [-0.25, -0.2) is 13.4 Å². The van der Waals surface area contributed by atoms with E-state index in [-0.39, 0.29) is 11.6 Å². The van der Waals surface area contributed by atoms with Gasteiger partial charge in [0, 0.05) is 28.7 Å². The average Bonchev–Trinajstić information content (AvgIpc) is 3.06. The lowest BCUT2D eigenvalue weighted by Crippen LogP contribution is -2.23. The minimum atomic E-state index is -3.44. The van der Waals surface area contributed by atoms with Gasteiger partial charge in [-0.05, 0) is 68.8 Å². The van der Waals surface area contributed by atoms with Crippen LogP contribution in [0.15, 0.2) is 77.8 Å². The van der Waals surface area contributed by atoms with Crippen molar-refractivity contribution in [3.05, 3.63) is 89.5 Å². The Bertz CT molecular complexity index is 1520. The zero-order valence-corrected chi connectivity index (χ0v) is 22.5. The summed E-state index contributed by atoms with van der Waals surface area (Å²) in [4.78, 5) is 10.5. The molecule has 3 N–H and O–H groups in total. The number of H-pyrrole nitrogens is 1. The van der Waals surface area contributed by atoms with Gasteiger partial charge in [0.25, 0.3) is 0 Å². The van der Waals surface area contributed by atoms with E-state index in [1.54, 1.807) is 25.1 Å². The van der Waals surface area contributed by atoms with Gasteiger partial charge in [0.1, 0.15) is 0 Å². The molecule has 5 rings (SSSR count). The smallest absolute Gasteiger partial charge is 0.232 e. The van der Waals surface area contributed by atoms with Crippen molar-refractivity contribution in [2.24, 2.45) is 4.99 Å². The highest BCUT2D eigenvalue weighted by Crippen LogP contribution is 2.33. The van der Waals surface area contributed by atoms with Crippen LogP contribution in [0.5, 0.6) is 5.88 Å². The molecule has 0 amide bonds. The van der Waals surface area contributed by atoms with Gasteiger partial charge in [0.05, 0.1) is 22.7 Å². The summed E-state index contributed by atoms with van der Waals surface area (Å²) in [5.41, 5.74) is 5.13. The number of hydrogen-bond acceptors (Lipinski definition) is 5. The minimum absolute atomic E-state index is 0.0177. The van der Waals surface area contributed by atoms with Crippen molar-refractivity contribution in [3.8, 4) is 5.88 Å². The van der Waals surface area contributed by atoms with Gasteiger partial charge in [-0.15, -0.1) is 0 Å². The highest BCUT2D eigenvalue weighted by atomic mass is 32.2. The van der Waals surface area contributed by atoms with E-state index in [1.165, 1.54) is 31.2 Å². The van der Waals surface area contributed by atoms with Crippen molar-refractivity contribution in [2.75, 3.05) is 23.6 Å². The fraction of sp³-hybridized carbons (Fsp3) is 0.300. The summed E-state index contributed by atoms with van der Waals surface area (Å²) in [6.45, 7) is 4.83. The quantitative estimate of drug-likeness (QED) is 0.237. The molecular formula is C30H34N4O3S. The summed E-state index contributed by atoms with van der Waals surface area (Å²) in [6, 6.07) is 23.2. The van der Waals surface area contributed by atoms with Crippen LogP contribution in [-0.4, -0.2) is 48.0 Å². The molecule has 38 heavy (non-hydrogen) atoms. The summed E-state index contributed by atoms with van der Waals surface area (Å²) < 4.78 is 26.9. The number of aromatic nitrogens is 1. The molecule has 0 atom stereocenters. The van der Waals surface area contributed by atoms with Crippen LogP contribution < -0.4 is 4.72 Å². The topological polar surface area (TPSA) is 97.8 Å². The number of anilines is 1. The highest BCUT2D eigenvalue weighted by Gasteiger charge is 2.20. The van der Waals surface area contributed by atoms with Crippen LogP contribution in [0, 0.1) is 0 Å². The summed E-state index contributed by atoms with van der Waals surface area (Å²) in [6.07, 6.45) is 5.16. The number of likely N-dealkylation sites (tertiary alicyclic amines) is 1. The SMILES string of the molecule is CCS(=O)(=O)Nc1ccc2[nH]c(O)c(C(=Nc3ccc(CN4CCCCCC4)cc3)c3ccccc3)c2c1. The number of aliphatic imine (C=N–C) groups is 1. The molecule has 8 heteroatoms. The van der Waals surface area contributed by atoms with Gasteiger partial charge in [0.15, 0.2) is 5.88 Å². The van der Waals surface area contributed by atoms with Crippen LogP contribution in [0.1, 0.15) is 49.3 Å². The molecule has 0 unspecified atom stereocenters. The van der Waals surface area contributed by atoms with Crippen LogP contribution in [0.2, 0.25) is 0 Å².